The van der Waals surface area contributed by atoms with Crippen molar-refractivity contribution in [3.05, 3.63) is 30.1 Å². The van der Waals surface area contributed by atoms with Gasteiger partial charge in [0.1, 0.15) is 6.10 Å². The van der Waals surface area contributed by atoms with E-state index in [2.05, 4.69) is 22.9 Å². The second-order valence-electron chi connectivity index (χ2n) is 7.94. The van der Waals surface area contributed by atoms with E-state index in [0.29, 0.717) is 6.04 Å². The van der Waals surface area contributed by atoms with E-state index in [-0.39, 0.29) is 18.1 Å². The number of rotatable bonds is 3. The molecular weight excluding hydrogens is 314 g/mol. The van der Waals surface area contributed by atoms with Crippen LogP contribution in [0.15, 0.2) is 24.5 Å². The zero-order valence-electron chi connectivity index (χ0n) is 15.1. The van der Waals surface area contributed by atoms with Crippen molar-refractivity contribution in [2.24, 2.45) is 5.92 Å². The molecule has 3 saturated heterocycles. The lowest BCUT2D eigenvalue weighted by Crippen LogP contribution is -2.50. The molecule has 0 radical (unpaired) electrons. The normalized spacial score (nSPS) is 31.1. The minimum absolute atomic E-state index is 0.211. The number of hydrogen-bond acceptors (Lipinski definition) is 4. The number of carbonyl (C=O) groups excluding carboxylic acids is 1. The quantitative estimate of drug-likeness (QED) is 0.846. The summed E-state index contributed by atoms with van der Waals surface area (Å²) in [5, 5.41) is 0. The number of ether oxygens (including phenoxy) is 1. The van der Waals surface area contributed by atoms with Crippen molar-refractivity contribution in [3.8, 4) is 0 Å². The van der Waals surface area contributed by atoms with Crippen LogP contribution in [0.3, 0.4) is 0 Å². The van der Waals surface area contributed by atoms with Crippen LogP contribution in [0.2, 0.25) is 0 Å². The first-order valence-corrected chi connectivity index (χ1v) is 9.78. The fraction of sp³-hybridized carbons (Fsp3) is 0.700. The molecule has 0 spiro atoms. The summed E-state index contributed by atoms with van der Waals surface area (Å²) >= 11 is 0. The first kappa shape index (κ1) is 17.0. The number of aromatic nitrogens is 1. The fourth-order valence-electron chi connectivity index (χ4n) is 4.55. The molecule has 0 aromatic carbocycles. The Morgan fingerprint density at radius 3 is 2.80 bits per heavy atom. The Balaban J connectivity index is 1.33. The largest absolute Gasteiger partial charge is 0.363 e. The molecule has 136 valence electrons. The molecule has 0 aliphatic carbocycles. The summed E-state index contributed by atoms with van der Waals surface area (Å²) in [7, 11) is 0. The third-order valence-corrected chi connectivity index (χ3v) is 6.14. The van der Waals surface area contributed by atoms with Gasteiger partial charge in [0, 0.05) is 44.6 Å². The molecule has 1 aromatic heterocycles. The lowest BCUT2D eigenvalue weighted by Gasteiger charge is -2.38. The van der Waals surface area contributed by atoms with Crippen molar-refractivity contribution in [1.29, 1.82) is 0 Å². The van der Waals surface area contributed by atoms with Gasteiger partial charge in [-0.15, -0.1) is 0 Å². The van der Waals surface area contributed by atoms with Crippen LogP contribution in [0, 0.1) is 5.92 Å². The Labute approximate surface area is 150 Å². The van der Waals surface area contributed by atoms with E-state index in [1.54, 1.807) is 0 Å². The number of fused-ring (bicyclic) bond motifs is 1. The average Bonchev–Trinajstić information content (AvgIpc) is 3.05. The molecule has 1 aromatic rings. The van der Waals surface area contributed by atoms with Crippen LogP contribution < -0.4 is 0 Å². The molecule has 3 aliphatic rings. The van der Waals surface area contributed by atoms with E-state index in [4.69, 9.17) is 4.74 Å². The molecule has 3 fully saturated rings. The molecule has 0 N–H and O–H groups in total. The zero-order valence-corrected chi connectivity index (χ0v) is 15.1. The first-order valence-electron chi connectivity index (χ1n) is 9.78. The van der Waals surface area contributed by atoms with Gasteiger partial charge in [0.05, 0.1) is 6.10 Å². The van der Waals surface area contributed by atoms with Gasteiger partial charge in [0.15, 0.2) is 0 Å². The number of amides is 1. The Hall–Kier alpha value is -1.46. The number of hydrogen-bond donors (Lipinski definition) is 0. The zero-order chi connectivity index (χ0) is 17.2. The second kappa shape index (κ2) is 7.42. The van der Waals surface area contributed by atoms with Crippen molar-refractivity contribution in [1.82, 2.24) is 14.8 Å². The van der Waals surface area contributed by atoms with E-state index in [0.717, 1.165) is 64.2 Å². The highest BCUT2D eigenvalue weighted by molar-refractivity contribution is 5.81. The Morgan fingerprint density at radius 1 is 1.20 bits per heavy atom. The van der Waals surface area contributed by atoms with Crippen molar-refractivity contribution in [3.63, 3.8) is 0 Å². The van der Waals surface area contributed by atoms with Gasteiger partial charge >= 0.3 is 0 Å². The predicted octanol–water partition coefficient (Wildman–Crippen LogP) is 2.46. The van der Waals surface area contributed by atoms with Gasteiger partial charge in [-0.25, -0.2) is 0 Å². The highest BCUT2D eigenvalue weighted by atomic mass is 16.5. The number of pyridine rings is 1. The van der Waals surface area contributed by atoms with Crippen LogP contribution in [0.4, 0.5) is 0 Å². The third kappa shape index (κ3) is 3.72. The lowest BCUT2D eigenvalue weighted by molar-refractivity contribution is -0.155. The number of likely N-dealkylation sites (tertiary alicyclic amines) is 2. The van der Waals surface area contributed by atoms with Crippen LogP contribution in [-0.2, 0) is 16.1 Å². The van der Waals surface area contributed by atoms with Gasteiger partial charge in [0.25, 0.3) is 5.91 Å². The third-order valence-electron chi connectivity index (χ3n) is 6.14. The SMILES string of the molecule is CC1CCN(C(=O)[C@H]2CC[C@@H]3[C@@H](CCN3Cc3cccnc3)O2)CC1. The van der Waals surface area contributed by atoms with E-state index in [1.165, 1.54) is 5.56 Å². The Kier molecular flexibility index (Phi) is 5.04. The smallest absolute Gasteiger partial charge is 0.251 e. The van der Waals surface area contributed by atoms with E-state index >= 15 is 0 Å². The molecule has 5 heteroatoms. The van der Waals surface area contributed by atoms with Crippen LogP contribution in [0.1, 0.15) is 44.6 Å². The molecular formula is C20H29N3O2. The average molecular weight is 343 g/mol. The van der Waals surface area contributed by atoms with Gasteiger partial charge in [-0.05, 0) is 49.7 Å². The van der Waals surface area contributed by atoms with Gasteiger partial charge in [-0.3, -0.25) is 14.7 Å². The summed E-state index contributed by atoms with van der Waals surface area (Å²) in [6.07, 6.45) is 8.97. The summed E-state index contributed by atoms with van der Waals surface area (Å²) in [6, 6.07) is 4.58. The maximum absolute atomic E-state index is 12.8. The standard InChI is InChI=1S/C20H29N3O2/c1-15-6-10-22(11-7-15)20(24)19-5-4-17-18(25-19)8-12-23(17)14-16-3-2-9-21-13-16/h2-3,9,13,15,17-19H,4-8,10-12,14H2,1H3/t17-,18-,19-/m1/s1. The van der Waals surface area contributed by atoms with Gasteiger partial charge in [-0.2, -0.15) is 0 Å². The molecule has 4 rings (SSSR count). The molecule has 3 atom stereocenters. The predicted molar refractivity (Wildman–Crippen MR) is 95.9 cm³/mol. The van der Waals surface area contributed by atoms with Crippen LogP contribution in [0.5, 0.6) is 0 Å². The fourth-order valence-corrected chi connectivity index (χ4v) is 4.55. The molecule has 0 unspecified atom stereocenters. The van der Waals surface area contributed by atoms with Crippen molar-refractivity contribution >= 4 is 5.91 Å². The van der Waals surface area contributed by atoms with Gasteiger partial charge < -0.3 is 9.64 Å². The highest BCUT2D eigenvalue weighted by Crippen LogP contribution is 2.33. The molecule has 1 amide bonds. The summed E-state index contributed by atoms with van der Waals surface area (Å²) in [5.41, 5.74) is 1.25. The number of piperidine rings is 1. The van der Waals surface area contributed by atoms with Crippen LogP contribution in [0.25, 0.3) is 0 Å². The highest BCUT2D eigenvalue weighted by Gasteiger charge is 2.42. The Bertz CT molecular complexity index is 586. The molecule has 25 heavy (non-hydrogen) atoms. The molecule has 5 nitrogen and oxygen atoms in total. The van der Waals surface area contributed by atoms with E-state index < -0.39 is 0 Å². The van der Waals surface area contributed by atoms with Gasteiger partial charge in [-0.1, -0.05) is 13.0 Å². The van der Waals surface area contributed by atoms with Gasteiger partial charge in [0.2, 0.25) is 0 Å². The van der Waals surface area contributed by atoms with Crippen molar-refractivity contribution in [2.45, 2.75) is 63.8 Å². The monoisotopic (exact) mass is 343 g/mol. The van der Waals surface area contributed by atoms with Crippen molar-refractivity contribution < 1.29 is 9.53 Å². The van der Waals surface area contributed by atoms with Crippen molar-refractivity contribution in [2.75, 3.05) is 19.6 Å². The second-order valence-corrected chi connectivity index (χ2v) is 7.94. The molecule has 0 saturated carbocycles. The maximum atomic E-state index is 12.8. The number of carbonyl (C=O) groups is 1. The lowest BCUT2D eigenvalue weighted by atomic mass is 9.96. The first-order chi connectivity index (χ1) is 12.2. The summed E-state index contributed by atoms with van der Waals surface area (Å²) in [5.74, 6) is 0.979. The summed E-state index contributed by atoms with van der Waals surface area (Å²) in [4.78, 5) is 21.6. The molecule has 3 aliphatic heterocycles. The topological polar surface area (TPSA) is 45.7 Å². The maximum Gasteiger partial charge on any atom is 0.251 e. The summed E-state index contributed by atoms with van der Waals surface area (Å²) in [6.45, 7) is 6.06. The summed E-state index contributed by atoms with van der Waals surface area (Å²) < 4.78 is 6.27. The molecule has 0 bridgehead atoms. The Morgan fingerprint density at radius 2 is 2.04 bits per heavy atom. The van der Waals surface area contributed by atoms with Crippen LogP contribution >= 0.6 is 0 Å². The van der Waals surface area contributed by atoms with E-state index in [9.17, 15) is 4.79 Å². The minimum Gasteiger partial charge on any atom is -0.363 e. The van der Waals surface area contributed by atoms with Crippen LogP contribution in [-0.4, -0.2) is 58.6 Å². The van der Waals surface area contributed by atoms with E-state index in [1.807, 2.05) is 23.4 Å². The minimum atomic E-state index is -0.215. The molecule has 4 heterocycles. The number of nitrogens with zero attached hydrogens (tertiary/aromatic N) is 3.